The zero-order valence-electron chi connectivity index (χ0n) is 11.3. The van der Waals surface area contributed by atoms with Crippen LogP contribution in [0.25, 0.3) is 0 Å². The van der Waals surface area contributed by atoms with Crippen molar-refractivity contribution in [2.75, 3.05) is 0 Å². The first-order valence-electron chi connectivity index (χ1n) is 6.55. The van der Waals surface area contributed by atoms with Gasteiger partial charge in [-0.1, -0.05) is 11.6 Å². The molecule has 22 heavy (non-hydrogen) atoms. The van der Waals surface area contributed by atoms with Gasteiger partial charge in [0.05, 0.1) is 15.9 Å². The minimum Gasteiger partial charge on any atom is -0.345 e. The Labute approximate surface area is 141 Å². The maximum atomic E-state index is 12.3. The van der Waals surface area contributed by atoms with Crippen LogP contribution in [0, 0.1) is 0 Å². The number of rotatable bonds is 3. The van der Waals surface area contributed by atoms with Crippen molar-refractivity contribution in [2.45, 2.75) is 29.5 Å². The molecule has 0 aliphatic heterocycles. The number of nitrogens with two attached hydrogens (primary N) is 1. The molecule has 1 aliphatic rings. The van der Waals surface area contributed by atoms with Crippen LogP contribution in [-0.4, -0.2) is 14.3 Å². The van der Waals surface area contributed by atoms with Gasteiger partial charge in [0.1, 0.15) is 4.21 Å². The van der Waals surface area contributed by atoms with Crippen LogP contribution in [0.1, 0.15) is 39.7 Å². The molecule has 1 amide bonds. The molecule has 2 aromatic heterocycles. The second kappa shape index (κ2) is 5.93. The van der Waals surface area contributed by atoms with E-state index in [9.17, 15) is 13.2 Å². The normalized spacial score (nSPS) is 18.0. The smallest absolute Gasteiger partial charge is 0.252 e. The number of aryl methyl sites for hydroxylation is 1. The summed E-state index contributed by atoms with van der Waals surface area (Å²) in [6.07, 6.45) is 2.81. The van der Waals surface area contributed by atoms with E-state index >= 15 is 0 Å². The van der Waals surface area contributed by atoms with E-state index in [4.69, 9.17) is 16.7 Å². The molecule has 0 fully saturated rings. The van der Waals surface area contributed by atoms with E-state index < -0.39 is 10.0 Å². The Morgan fingerprint density at radius 1 is 1.41 bits per heavy atom. The lowest BCUT2D eigenvalue weighted by Crippen LogP contribution is -2.30. The lowest BCUT2D eigenvalue weighted by Gasteiger charge is -2.23. The maximum absolute atomic E-state index is 12.3. The first kappa shape index (κ1) is 15.9. The fourth-order valence-corrected chi connectivity index (χ4v) is 5.47. The molecule has 5 nitrogen and oxygen atoms in total. The van der Waals surface area contributed by atoms with Gasteiger partial charge in [0.25, 0.3) is 5.91 Å². The monoisotopic (exact) mass is 376 g/mol. The van der Waals surface area contributed by atoms with E-state index in [2.05, 4.69) is 5.32 Å². The molecule has 9 heteroatoms. The van der Waals surface area contributed by atoms with E-state index in [1.165, 1.54) is 16.3 Å². The molecule has 118 valence electrons. The van der Waals surface area contributed by atoms with Gasteiger partial charge in [0.15, 0.2) is 0 Å². The van der Waals surface area contributed by atoms with Gasteiger partial charge in [0, 0.05) is 10.3 Å². The van der Waals surface area contributed by atoms with E-state index in [1.54, 1.807) is 11.3 Å². The minimum atomic E-state index is -3.77. The van der Waals surface area contributed by atoms with Crippen LogP contribution in [-0.2, 0) is 16.4 Å². The Kier molecular flexibility index (Phi) is 4.30. The van der Waals surface area contributed by atoms with Crippen molar-refractivity contribution in [3.05, 3.63) is 37.9 Å². The minimum absolute atomic E-state index is 0.0134. The van der Waals surface area contributed by atoms with E-state index in [0.29, 0.717) is 5.56 Å². The number of amides is 1. The number of fused-ring (bicyclic) bond motifs is 1. The van der Waals surface area contributed by atoms with Gasteiger partial charge < -0.3 is 5.32 Å². The SMILES string of the molecule is NS(=O)(=O)c1cc(C(=O)NC2CCCc3sc(Cl)cc32)cs1. The highest BCUT2D eigenvalue weighted by molar-refractivity contribution is 7.91. The Balaban J connectivity index is 1.79. The third-order valence-electron chi connectivity index (χ3n) is 3.51. The summed E-state index contributed by atoms with van der Waals surface area (Å²) in [5, 5.41) is 9.51. The van der Waals surface area contributed by atoms with Crippen LogP contribution in [0.3, 0.4) is 0 Å². The molecule has 1 unspecified atom stereocenters. The van der Waals surface area contributed by atoms with Gasteiger partial charge in [-0.25, -0.2) is 13.6 Å². The van der Waals surface area contributed by atoms with Crippen LogP contribution >= 0.6 is 34.3 Å². The van der Waals surface area contributed by atoms with Crippen molar-refractivity contribution in [3.8, 4) is 0 Å². The first-order valence-corrected chi connectivity index (χ1v) is 10.2. The molecule has 0 saturated heterocycles. The fraction of sp³-hybridized carbons (Fsp3) is 0.308. The number of sulfonamides is 1. The second-order valence-corrected chi connectivity index (χ2v) is 9.51. The summed E-state index contributed by atoms with van der Waals surface area (Å²) in [5.74, 6) is -0.300. The van der Waals surface area contributed by atoms with Gasteiger partial charge in [-0.2, -0.15) is 0 Å². The molecular formula is C13H13ClN2O3S3. The van der Waals surface area contributed by atoms with Crippen molar-refractivity contribution in [3.63, 3.8) is 0 Å². The molecule has 1 aliphatic carbocycles. The summed E-state index contributed by atoms with van der Waals surface area (Å²) >= 11 is 8.54. The summed E-state index contributed by atoms with van der Waals surface area (Å²) in [6.45, 7) is 0. The summed E-state index contributed by atoms with van der Waals surface area (Å²) in [5.41, 5.74) is 1.37. The van der Waals surface area contributed by atoms with Gasteiger partial charge in [-0.05, 0) is 37.0 Å². The van der Waals surface area contributed by atoms with Crippen LogP contribution < -0.4 is 10.5 Å². The Bertz CT molecular complexity index is 825. The number of hydrogen-bond acceptors (Lipinski definition) is 5. The highest BCUT2D eigenvalue weighted by atomic mass is 35.5. The number of thiophene rings is 2. The summed E-state index contributed by atoms with van der Waals surface area (Å²) in [4.78, 5) is 13.5. The summed E-state index contributed by atoms with van der Waals surface area (Å²) in [7, 11) is -3.77. The molecule has 0 aromatic carbocycles. The molecule has 3 N–H and O–H groups in total. The largest absolute Gasteiger partial charge is 0.345 e. The number of nitrogens with one attached hydrogen (secondary N) is 1. The van der Waals surface area contributed by atoms with E-state index in [-0.39, 0.29) is 16.2 Å². The summed E-state index contributed by atoms with van der Waals surface area (Å²) < 4.78 is 23.2. The van der Waals surface area contributed by atoms with Crippen molar-refractivity contribution in [1.82, 2.24) is 5.32 Å². The van der Waals surface area contributed by atoms with E-state index in [0.717, 1.165) is 40.5 Å². The quantitative estimate of drug-likeness (QED) is 0.862. The predicted octanol–water partition coefficient (Wildman–Crippen LogP) is 2.92. The highest BCUT2D eigenvalue weighted by Crippen LogP contribution is 2.38. The first-order chi connectivity index (χ1) is 10.3. The molecule has 0 saturated carbocycles. The van der Waals surface area contributed by atoms with Crippen LogP contribution in [0.2, 0.25) is 4.34 Å². The molecule has 2 aromatic rings. The van der Waals surface area contributed by atoms with E-state index in [1.807, 2.05) is 6.07 Å². The van der Waals surface area contributed by atoms with Crippen molar-refractivity contribution in [2.24, 2.45) is 5.14 Å². The summed E-state index contributed by atoms with van der Waals surface area (Å²) in [6, 6.07) is 3.12. The van der Waals surface area contributed by atoms with Crippen LogP contribution in [0.15, 0.2) is 21.7 Å². The van der Waals surface area contributed by atoms with Gasteiger partial charge in [0.2, 0.25) is 10.0 Å². The molecule has 0 radical (unpaired) electrons. The second-order valence-electron chi connectivity index (χ2n) is 5.05. The van der Waals surface area contributed by atoms with Crippen molar-refractivity contribution >= 4 is 50.2 Å². The zero-order valence-corrected chi connectivity index (χ0v) is 14.5. The van der Waals surface area contributed by atoms with Crippen molar-refractivity contribution < 1.29 is 13.2 Å². The molecule has 1 atom stereocenters. The third kappa shape index (κ3) is 3.21. The predicted molar refractivity (Wildman–Crippen MR) is 88.2 cm³/mol. The van der Waals surface area contributed by atoms with Crippen LogP contribution in [0.5, 0.6) is 0 Å². The number of carbonyl (C=O) groups is 1. The highest BCUT2D eigenvalue weighted by Gasteiger charge is 2.25. The number of primary sulfonamides is 1. The van der Waals surface area contributed by atoms with Gasteiger partial charge >= 0.3 is 0 Å². The molecule has 3 rings (SSSR count). The zero-order chi connectivity index (χ0) is 15.9. The van der Waals surface area contributed by atoms with Gasteiger partial charge in [-0.3, -0.25) is 4.79 Å². The van der Waals surface area contributed by atoms with Crippen LogP contribution in [0.4, 0.5) is 0 Å². The molecular weight excluding hydrogens is 364 g/mol. The molecule has 2 heterocycles. The lowest BCUT2D eigenvalue weighted by atomic mass is 9.94. The van der Waals surface area contributed by atoms with Crippen molar-refractivity contribution in [1.29, 1.82) is 0 Å². The maximum Gasteiger partial charge on any atom is 0.252 e. The standard InChI is InChI=1S/C13H13ClN2O3S3/c14-11-5-8-9(2-1-3-10(8)21-11)16-13(17)7-4-12(20-6-7)22(15,18)19/h4-6,9H,1-3H2,(H,16,17)(H2,15,18,19). The Morgan fingerprint density at radius 3 is 2.86 bits per heavy atom. The van der Waals surface area contributed by atoms with Gasteiger partial charge in [-0.15, -0.1) is 22.7 Å². The number of halogens is 1. The fourth-order valence-electron chi connectivity index (χ4n) is 2.50. The Morgan fingerprint density at radius 2 is 2.18 bits per heavy atom. The molecule has 0 spiro atoms. The molecule has 0 bridgehead atoms. The average Bonchev–Trinajstić information content (AvgIpc) is 3.03. The topological polar surface area (TPSA) is 89.3 Å². The number of hydrogen-bond donors (Lipinski definition) is 2. The third-order valence-corrected chi connectivity index (χ3v) is 7.23. The average molecular weight is 377 g/mol. The lowest BCUT2D eigenvalue weighted by molar-refractivity contribution is 0.0933. The Hall–Kier alpha value is -0.930. The number of carbonyl (C=O) groups excluding carboxylic acids is 1.